The van der Waals surface area contributed by atoms with E-state index in [0.717, 1.165) is 0 Å². The monoisotopic (exact) mass is 329 g/mol. The number of amides is 2. The highest BCUT2D eigenvalue weighted by atomic mass is 19.1. The van der Waals surface area contributed by atoms with Crippen LogP contribution in [0.4, 0.5) is 15.8 Å². The van der Waals surface area contributed by atoms with Crippen LogP contribution in [0.25, 0.3) is 0 Å². The maximum Gasteiger partial charge on any atom is 0.225 e. The summed E-state index contributed by atoms with van der Waals surface area (Å²) in [4.78, 5) is 22.9. The van der Waals surface area contributed by atoms with Gasteiger partial charge in [-0.3, -0.25) is 9.59 Å². The Kier molecular flexibility index (Phi) is 6.45. The Balaban J connectivity index is 1.75. The summed E-state index contributed by atoms with van der Waals surface area (Å²) in [5.74, 6) is -0.587. The lowest BCUT2D eigenvalue weighted by atomic mass is 10.2. The average molecular weight is 329 g/mol. The smallest absolute Gasteiger partial charge is 0.225 e. The number of halogens is 1. The van der Waals surface area contributed by atoms with E-state index in [1.54, 1.807) is 42.5 Å². The quantitative estimate of drug-likeness (QED) is 0.684. The predicted octanol–water partition coefficient (Wildman–Crippen LogP) is 2.90. The minimum absolute atomic E-state index is 0.156. The second-order valence-electron chi connectivity index (χ2n) is 5.33. The van der Waals surface area contributed by atoms with Crippen molar-refractivity contribution in [1.82, 2.24) is 5.32 Å². The van der Waals surface area contributed by atoms with E-state index in [1.165, 1.54) is 13.0 Å². The van der Waals surface area contributed by atoms with Gasteiger partial charge in [0, 0.05) is 43.4 Å². The first-order chi connectivity index (χ1) is 11.5. The summed E-state index contributed by atoms with van der Waals surface area (Å²) in [6.07, 6.45) is 0.263. The van der Waals surface area contributed by atoms with E-state index in [9.17, 15) is 14.0 Å². The lowest BCUT2D eigenvalue weighted by molar-refractivity contribution is -0.116. The van der Waals surface area contributed by atoms with Gasteiger partial charge < -0.3 is 16.0 Å². The Morgan fingerprint density at radius 2 is 1.71 bits per heavy atom. The van der Waals surface area contributed by atoms with Crippen molar-refractivity contribution in [2.24, 2.45) is 0 Å². The first-order valence-electron chi connectivity index (χ1n) is 7.66. The predicted molar refractivity (Wildman–Crippen MR) is 92.1 cm³/mol. The number of rotatable bonds is 7. The summed E-state index contributed by atoms with van der Waals surface area (Å²) < 4.78 is 13.4. The maximum atomic E-state index is 13.4. The normalized spacial score (nSPS) is 10.2. The molecule has 24 heavy (non-hydrogen) atoms. The van der Waals surface area contributed by atoms with E-state index in [-0.39, 0.29) is 24.1 Å². The number of nitrogens with one attached hydrogen (secondary N) is 3. The van der Waals surface area contributed by atoms with Crippen LogP contribution in [0, 0.1) is 5.82 Å². The van der Waals surface area contributed by atoms with Crippen LogP contribution in [0.15, 0.2) is 48.5 Å². The van der Waals surface area contributed by atoms with E-state index < -0.39 is 0 Å². The fourth-order valence-electron chi connectivity index (χ4n) is 2.17. The van der Waals surface area contributed by atoms with Gasteiger partial charge in [-0.05, 0) is 24.3 Å². The van der Waals surface area contributed by atoms with Crippen LogP contribution in [0.2, 0.25) is 0 Å². The van der Waals surface area contributed by atoms with Crippen LogP contribution in [0.1, 0.15) is 18.9 Å². The van der Waals surface area contributed by atoms with E-state index in [4.69, 9.17) is 0 Å². The van der Waals surface area contributed by atoms with E-state index in [0.29, 0.717) is 30.0 Å². The van der Waals surface area contributed by atoms with E-state index >= 15 is 0 Å². The Morgan fingerprint density at radius 3 is 2.42 bits per heavy atom. The molecule has 6 heteroatoms. The molecule has 0 saturated carbocycles. The number of carbonyl (C=O) groups excluding carboxylic acids is 2. The molecule has 2 rings (SSSR count). The van der Waals surface area contributed by atoms with Crippen LogP contribution < -0.4 is 16.0 Å². The molecule has 0 unspecified atom stereocenters. The highest BCUT2D eigenvalue weighted by Crippen LogP contribution is 2.15. The van der Waals surface area contributed by atoms with Crippen molar-refractivity contribution >= 4 is 23.2 Å². The Hall–Kier alpha value is -2.73. The number of hydrogen-bond acceptors (Lipinski definition) is 3. The van der Waals surface area contributed by atoms with Gasteiger partial charge in [-0.15, -0.1) is 0 Å². The second-order valence-corrected chi connectivity index (χ2v) is 5.33. The molecule has 2 aromatic rings. The van der Waals surface area contributed by atoms with Crippen LogP contribution in [0.5, 0.6) is 0 Å². The van der Waals surface area contributed by atoms with Crippen molar-refractivity contribution in [3.05, 3.63) is 59.9 Å². The maximum absolute atomic E-state index is 13.4. The first-order valence-corrected chi connectivity index (χ1v) is 7.66. The van der Waals surface area contributed by atoms with E-state index in [1.807, 2.05) is 0 Å². The third kappa shape index (κ3) is 5.81. The highest BCUT2D eigenvalue weighted by Gasteiger charge is 2.04. The van der Waals surface area contributed by atoms with Gasteiger partial charge in [0.15, 0.2) is 0 Å². The van der Waals surface area contributed by atoms with Gasteiger partial charge in [-0.1, -0.05) is 24.3 Å². The molecule has 0 aliphatic heterocycles. The van der Waals surface area contributed by atoms with E-state index in [2.05, 4.69) is 16.0 Å². The topological polar surface area (TPSA) is 70.2 Å². The SMILES string of the molecule is CC(=O)Nc1cccc(NC(=O)CCNCc2ccccc2F)c1. The number of anilines is 2. The molecule has 5 nitrogen and oxygen atoms in total. The fourth-order valence-corrected chi connectivity index (χ4v) is 2.17. The average Bonchev–Trinajstić information content (AvgIpc) is 2.53. The minimum Gasteiger partial charge on any atom is -0.326 e. The van der Waals surface area contributed by atoms with Crippen molar-refractivity contribution in [1.29, 1.82) is 0 Å². The van der Waals surface area contributed by atoms with Crippen LogP contribution in [-0.2, 0) is 16.1 Å². The second kappa shape index (κ2) is 8.79. The lowest BCUT2D eigenvalue weighted by Gasteiger charge is -2.09. The van der Waals surface area contributed by atoms with Crippen molar-refractivity contribution in [3.8, 4) is 0 Å². The van der Waals surface area contributed by atoms with Gasteiger partial charge in [0.1, 0.15) is 5.82 Å². The zero-order chi connectivity index (χ0) is 17.4. The lowest BCUT2D eigenvalue weighted by Crippen LogP contribution is -2.22. The van der Waals surface area contributed by atoms with Gasteiger partial charge in [0.25, 0.3) is 0 Å². The van der Waals surface area contributed by atoms with Crippen LogP contribution >= 0.6 is 0 Å². The summed E-state index contributed by atoms with van der Waals surface area (Å²) in [5, 5.41) is 8.46. The molecule has 0 aliphatic rings. The van der Waals surface area contributed by atoms with Gasteiger partial charge in [-0.2, -0.15) is 0 Å². The molecule has 0 bridgehead atoms. The fraction of sp³-hybridized carbons (Fsp3) is 0.222. The third-order valence-corrected chi connectivity index (χ3v) is 3.27. The molecule has 0 spiro atoms. The summed E-state index contributed by atoms with van der Waals surface area (Å²) >= 11 is 0. The van der Waals surface area contributed by atoms with Crippen LogP contribution in [-0.4, -0.2) is 18.4 Å². The van der Waals surface area contributed by atoms with Gasteiger partial charge in [-0.25, -0.2) is 4.39 Å². The van der Waals surface area contributed by atoms with Crippen molar-refractivity contribution < 1.29 is 14.0 Å². The molecule has 0 aromatic heterocycles. The highest BCUT2D eigenvalue weighted by molar-refractivity contribution is 5.93. The zero-order valence-corrected chi connectivity index (χ0v) is 13.4. The third-order valence-electron chi connectivity index (χ3n) is 3.27. The molecule has 2 amide bonds. The Labute approximate surface area is 140 Å². The summed E-state index contributed by atoms with van der Waals surface area (Å²) in [6.45, 7) is 2.23. The largest absolute Gasteiger partial charge is 0.326 e. The molecular weight excluding hydrogens is 309 g/mol. The van der Waals surface area contributed by atoms with Crippen LogP contribution in [0.3, 0.4) is 0 Å². The molecule has 2 aromatic carbocycles. The number of carbonyl (C=O) groups is 2. The van der Waals surface area contributed by atoms with Gasteiger partial charge in [0.2, 0.25) is 11.8 Å². The summed E-state index contributed by atoms with van der Waals surface area (Å²) in [5.41, 5.74) is 1.80. The zero-order valence-electron chi connectivity index (χ0n) is 13.4. The first kappa shape index (κ1) is 17.6. The Bertz CT molecular complexity index is 719. The molecule has 0 fully saturated rings. The van der Waals surface area contributed by atoms with Crippen molar-refractivity contribution in [2.75, 3.05) is 17.2 Å². The number of hydrogen-bond donors (Lipinski definition) is 3. The summed E-state index contributed by atoms with van der Waals surface area (Å²) in [7, 11) is 0. The molecular formula is C18H20FN3O2. The van der Waals surface area contributed by atoms with Crippen molar-refractivity contribution in [3.63, 3.8) is 0 Å². The van der Waals surface area contributed by atoms with Crippen molar-refractivity contribution in [2.45, 2.75) is 19.9 Å². The molecule has 0 aliphatic carbocycles. The van der Waals surface area contributed by atoms with Gasteiger partial charge in [0.05, 0.1) is 0 Å². The summed E-state index contributed by atoms with van der Waals surface area (Å²) in [6, 6.07) is 13.4. The molecule has 0 radical (unpaired) electrons. The molecule has 0 atom stereocenters. The Morgan fingerprint density at radius 1 is 1.00 bits per heavy atom. The standard InChI is InChI=1S/C18H20FN3O2/c1-13(23)21-15-6-4-7-16(11-15)22-18(24)9-10-20-12-14-5-2-3-8-17(14)19/h2-8,11,20H,9-10,12H2,1H3,(H,21,23)(H,22,24). The molecule has 3 N–H and O–H groups in total. The minimum atomic E-state index is -0.260. The molecule has 0 heterocycles. The van der Waals surface area contributed by atoms with Gasteiger partial charge >= 0.3 is 0 Å². The molecule has 126 valence electrons. The molecule has 0 saturated heterocycles. The number of benzene rings is 2.